The van der Waals surface area contributed by atoms with Gasteiger partial charge in [-0.05, 0) is 37.7 Å². The lowest BCUT2D eigenvalue weighted by Gasteiger charge is -2.11. The van der Waals surface area contributed by atoms with E-state index in [0.29, 0.717) is 18.0 Å². The van der Waals surface area contributed by atoms with Crippen LogP contribution in [-0.2, 0) is 6.42 Å². The standard InChI is InChI=1S/C26H38F2N2O/c1-3-5-6-7-8-9-10-21-11-13-22(14-12-21)26-29-19-25(20-30-26)31-18-17-24(28)16-15-23(27)4-2/h11-14,19-20,23-24H,3-10,15-18H2,1-2H3. The maximum atomic E-state index is 13.8. The highest BCUT2D eigenvalue weighted by molar-refractivity contribution is 5.55. The number of benzene rings is 1. The largest absolute Gasteiger partial charge is 0.490 e. The molecule has 0 aliphatic carbocycles. The molecule has 1 aromatic carbocycles. The molecule has 0 saturated heterocycles. The first-order valence-corrected chi connectivity index (χ1v) is 11.9. The normalized spacial score (nSPS) is 13.2. The SMILES string of the molecule is CCCCCCCCc1ccc(-c2ncc(OCCC(F)CCC(F)CC)cn2)cc1. The van der Waals surface area contributed by atoms with E-state index in [0.717, 1.165) is 12.0 Å². The average Bonchev–Trinajstić information content (AvgIpc) is 2.80. The molecule has 0 fully saturated rings. The summed E-state index contributed by atoms with van der Waals surface area (Å²) in [4.78, 5) is 8.74. The number of nitrogens with zero attached hydrogens (tertiary/aromatic N) is 2. The molecule has 0 aliphatic heterocycles. The van der Waals surface area contributed by atoms with E-state index in [4.69, 9.17) is 4.74 Å². The van der Waals surface area contributed by atoms with Crippen LogP contribution in [0.5, 0.6) is 5.75 Å². The number of aromatic nitrogens is 2. The summed E-state index contributed by atoms with van der Waals surface area (Å²) in [6.07, 6.45) is 11.4. The van der Waals surface area contributed by atoms with Gasteiger partial charge in [0.1, 0.15) is 6.17 Å². The number of hydrogen-bond acceptors (Lipinski definition) is 3. The van der Waals surface area contributed by atoms with Crippen LogP contribution in [0.3, 0.4) is 0 Å². The molecular formula is C26H38F2N2O. The van der Waals surface area contributed by atoms with Gasteiger partial charge in [0.2, 0.25) is 0 Å². The van der Waals surface area contributed by atoms with Gasteiger partial charge in [-0.1, -0.05) is 70.2 Å². The van der Waals surface area contributed by atoms with Crippen molar-refractivity contribution in [2.75, 3.05) is 6.61 Å². The fourth-order valence-electron chi connectivity index (χ4n) is 3.48. The van der Waals surface area contributed by atoms with Gasteiger partial charge < -0.3 is 4.74 Å². The summed E-state index contributed by atoms with van der Waals surface area (Å²) in [6, 6.07) is 8.42. The summed E-state index contributed by atoms with van der Waals surface area (Å²) in [7, 11) is 0. The van der Waals surface area contributed by atoms with Crippen LogP contribution in [0.15, 0.2) is 36.7 Å². The first-order valence-electron chi connectivity index (χ1n) is 11.9. The highest BCUT2D eigenvalue weighted by atomic mass is 19.1. The summed E-state index contributed by atoms with van der Waals surface area (Å²) in [5.41, 5.74) is 2.32. The molecule has 0 spiro atoms. The second kappa shape index (κ2) is 14.9. The molecular weight excluding hydrogens is 394 g/mol. The van der Waals surface area contributed by atoms with E-state index in [1.54, 1.807) is 19.3 Å². The molecule has 0 radical (unpaired) electrons. The summed E-state index contributed by atoms with van der Waals surface area (Å²) in [5.74, 6) is 1.17. The van der Waals surface area contributed by atoms with E-state index in [1.165, 1.54) is 44.1 Å². The number of hydrogen-bond donors (Lipinski definition) is 0. The molecule has 1 heterocycles. The van der Waals surface area contributed by atoms with Crippen molar-refractivity contribution in [3.63, 3.8) is 0 Å². The number of aryl methyl sites for hydroxylation is 1. The van der Waals surface area contributed by atoms with Gasteiger partial charge in [0.15, 0.2) is 11.6 Å². The number of rotatable bonds is 16. The maximum Gasteiger partial charge on any atom is 0.159 e. The molecule has 0 N–H and O–H groups in total. The predicted octanol–water partition coefficient (Wildman–Crippen LogP) is 7.68. The number of unbranched alkanes of at least 4 members (excludes halogenated alkanes) is 5. The van der Waals surface area contributed by atoms with Crippen LogP contribution < -0.4 is 4.74 Å². The Hall–Kier alpha value is -2.04. The highest BCUT2D eigenvalue weighted by Gasteiger charge is 2.11. The Morgan fingerprint density at radius 1 is 0.806 bits per heavy atom. The Labute approximate surface area is 186 Å². The molecule has 5 heteroatoms. The van der Waals surface area contributed by atoms with Crippen molar-refractivity contribution in [1.29, 1.82) is 0 Å². The molecule has 2 rings (SSSR count). The van der Waals surface area contributed by atoms with Gasteiger partial charge in [-0.25, -0.2) is 18.7 Å². The Kier molecular flexibility index (Phi) is 12.1. The van der Waals surface area contributed by atoms with Crippen molar-refractivity contribution in [2.45, 2.75) is 96.8 Å². The lowest BCUT2D eigenvalue weighted by atomic mass is 10.0. The number of ether oxygens (including phenoxy) is 1. The molecule has 0 saturated carbocycles. The number of halogens is 2. The lowest BCUT2D eigenvalue weighted by Crippen LogP contribution is -2.10. The van der Waals surface area contributed by atoms with Crippen molar-refractivity contribution in [3.8, 4) is 17.1 Å². The van der Waals surface area contributed by atoms with Gasteiger partial charge in [0.25, 0.3) is 0 Å². The number of alkyl halides is 2. The van der Waals surface area contributed by atoms with Crippen molar-refractivity contribution >= 4 is 0 Å². The minimum Gasteiger partial charge on any atom is -0.490 e. The van der Waals surface area contributed by atoms with Crippen LogP contribution in [0.4, 0.5) is 8.78 Å². The van der Waals surface area contributed by atoms with Gasteiger partial charge in [0.05, 0.1) is 25.2 Å². The summed E-state index contributed by atoms with van der Waals surface area (Å²) in [5, 5.41) is 0. The molecule has 0 amide bonds. The van der Waals surface area contributed by atoms with Crippen LogP contribution in [0.25, 0.3) is 11.4 Å². The van der Waals surface area contributed by atoms with Gasteiger partial charge in [-0.3, -0.25) is 0 Å². The van der Waals surface area contributed by atoms with Crippen LogP contribution in [0.2, 0.25) is 0 Å². The molecule has 172 valence electrons. The van der Waals surface area contributed by atoms with Crippen molar-refractivity contribution in [3.05, 3.63) is 42.2 Å². The molecule has 2 unspecified atom stereocenters. The van der Waals surface area contributed by atoms with Crippen LogP contribution in [0.1, 0.15) is 83.6 Å². The minimum atomic E-state index is -1.04. The van der Waals surface area contributed by atoms with Crippen molar-refractivity contribution in [2.24, 2.45) is 0 Å². The predicted molar refractivity (Wildman–Crippen MR) is 124 cm³/mol. The van der Waals surface area contributed by atoms with E-state index in [-0.39, 0.29) is 25.9 Å². The Balaban J connectivity index is 1.71. The zero-order chi connectivity index (χ0) is 22.3. The molecule has 2 aromatic rings. The smallest absolute Gasteiger partial charge is 0.159 e. The maximum absolute atomic E-state index is 13.8. The summed E-state index contributed by atoms with van der Waals surface area (Å²) < 4.78 is 32.5. The van der Waals surface area contributed by atoms with E-state index >= 15 is 0 Å². The van der Waals surface area contributed by atoms with E-state index in [9.17, 15) is 8.78 Å². The zero-order valence-corrected chi connectivity index (χ0v) is 19.2. The van der Waals surface area contributed by atoms with Gasteiger partial charge in [-0.15, -0.1) is 0 Å². The molecule has 3 nitrogen and oxygen atoms in total. The fourth-order valence-corrected chi connectivity index (χ4v) is 3.48. The molecule has 0 bridgehead atoms. The summed E-state index contributed by atoms with van der Waals surface area (Å²) >= 11 is 0. The van der Waals surface area contributed by atoms with Crippen molar-refractivity contribution in [1.82, 2.24) is 9.97 Å². The topological polar surface area (TPSA) is 35.0 Å². The average molecular weight is 433 g/mol. The molecule has 0 aliphatic rings. The summed E-state index contributed by atoms with van der Waals surface area (Å²) in [6.45, 7) is 4.25. The molecule has 2 atom stereocenters. The molecule has 1 aromatic heterocycles. The third kappa shape index (κ3) is 10.2. The van der Waals surface area contributed by atoms with E-state index < -0.39 is 12.3 Å². The monoisotopic (exact) mass is 432 g/mol. The first-order chi connectivity index (χ1) is 15.1. The van der Waals surface area contributed by atoms with Gasteiger partial charge >= 0.3 is 0 Å². The third-order valence-electron chi connectivity index (χ3n) is 5.60. The second-order valence-corrected chi connectivity index (χ2v) is 8.27. The zero-order valence-electron chi connectivity index (χ0n) is 19.2. The van der Waals surface area contributed by atoms with E-state index in [2.05, 4.69) is 41.2 Å². The Morgan fingerprint density at radius 2 is 1.45 bits per heavy atom. The highest BCUT2D eigenvalue weighted by Crippen LogP contribution is 2.19. The first kappa shape index (κ1) is 25.2. The quantitative estimate of drug-likeness (QED) is 0.255. The third-order valence-corrected chi connectivity index (χ3v) is 5.60. The van der Waals surface area contributed by atoms with Crippen molar-refractivity contribution < 1.29 is 13.5 Å². The van der Waals surface area contributed by atoms with Crippen LogP contribution in [-0.4, -0.2) is 28.9 Å². The second-order valence-electron chi connectivity index (χ2n) is 8.27. The fraction of sp³-hybridized carbons (Fsp3) is 0.615. The van der Waals surface area contributed by atoms with Gasteiger partial charge in [-0.2, -0.15) is 0 Å². The lowest BCUT2D eigenvalue weighted by molar-refractivity contribution is 0.202. The van der Waals surface area contributed by atoms with Gasteiger partial charge in [0, 0.05) is 12.0 Å². The van der Waals surface area contributed by atoms with Crippen LogP contribution >= 0.6 is 0 Å². The van der Waals surface area contributed by atoms with E-state index in [1.807, 2.05) is 0 Å². The minimum absolute atomic E-state index is 0.236. The Bertz CT molecular complexity index is 706. The Morgan fingerprint density at radius 3 is 2.13 bits per heavy atom. The molecule has 31 heavy (non-hydrogen) atoms. The van der Waals surface area contributed by atoms with Crippen LogP contribution in [0, 0.1) is 0 Å².